The highest BCUT2D eigenvalue weighted by molar-refractivity contribution is 7.47. The Hall–Kier alpha value is -3.70. The van der Waals surface area contributed by atoms with Crippen LogP contribution in [0.3, 0.4) is 0 Å². The highest BCUT2D eigenvalue weighted by atomic mass is 31.2. The Kier molecular flexibility index (Phi) is 5.53. The van der Waals surface area contributed by atoms with E-state index in [-0.39, 0.29) is 34.1 Å². The van der Waals surface area contributed by atoms with Crippen LogP contribution in [0.2, 0.25) is 0 Å². The number of nitrogens with zero attached hydrogens (tertiary/aromatic N) is 8. The minimum absolute atomic E-state index is 0.0182. The number of anilines is 2. The summed E-state index contributed by atoms with van der Waals surface area (Å²) in [5, 5.41) is 49.8. The van der Waals surface area contributed by atoms with Gasteiger partial charge < -0.3 is 46.3 Å². The Morgan fingerprint density at radius 2 is 1.83 bits per heavy atom. The van der Waals surface area contributed by atoms with Crippen LogP contribution in [0.4, 0.5) is 11.8 Å². The number of hydrogen-bond donors (Lipinski definition) is 8. The number of nitrogens with two attached hydrogens (primary N) is 2. The molecule has 22 nitrogen and oxygen atoms in total. The number of nitrogen functional groups attached to an aromatic ring is 2. The highest BCUT2D eigenvalue weighted by Crippen LogP contribution is 2.60. The number of phosphoric ester groups is 1. The monoisotopic (exact) mass is 597 g/mol. The predicted molar refractivity (Wildman–Crippen MR) is 127 cm³/mol. The minimum atomic E-state index is -5.30. The van der Waals surface area contributed by atoms with Gasteiger partial charge in [-0.2, -0.15) is 9.67 Å². The molecule has 0 bridgehead atoms. The molecule has 0 radical (unpaired) electrons. The lowest BCUT2D eigenvalue weighted by Gasteiger charge is -2.29. The number of nitrogens with one attached hydrogen (secondary N) is 1. The summed E-state index contributed by atoms with van der Waals surface area (Å²) in [6.07, 6.45) is -10.9. The molecule has 10 N–H and O–H groups in total. The number of rotatable bonds is 6. The zero-order valence-corrected chi connectivity index (χ0v) is 21.0. The van der Waals surface area contributed by atoms with Crippen LogP contribution < -0.4 is 17.0 Å². The van der Waals surface area contributed by atoms with Crippen LogP contribution in [0.15, 0.2) is 17.4 Å². The van der Waals surface area contributed by atoms with E-state index in [0.29, 0.717) is 0 Å². The van der Waals surface area contributed by atoms with Crippen molar-refractivity contribution in [2.45, 2.75) is 54.9 Å². The lowest BCUT2D eigenvalue weighted by atomic mass is 10.1. The minimum Gasteiger partial charge on any atom is -0.387 e. The number of fused-ring (bicyclic) bond motifs is 3. The third kappa shape index (κ3) is 3.78. The fourth-order valence-corrected chi connectivity index (χ4v) is 6.00. The molecule has 3 aliphatic rings. The highest BCUT2D eigenvalue weighted by Gasteiger charge is 2.78. The van der Waals surface area contributed by atoms with Crippen molar-refractivity contribution in [3.05, 3.63) is 23.0 Å². The molecule has 0 amide bonds. The molecule has 2 aliphatic heterocycles. The van der Waals surface area contributed by atoms with Gasteiger partial charge in [-0.3, -0.25) is 23.4 Å². The molecule has 2 unspecified atom stereocenters. The summed E-state index contributed by atoms with van der Waals surface area (Å²) in [6.45, 7) is 0. The fraction of sp³-hybridized carbons (Fsp3) is 0.500. The van der Waals surface area contributed by atoms with Crippen LogP contribution >= 0.6 is 7.82 Å². The number of aromatic amines is 1. The molecule has 3 fully saturated rings. The van der Waals surface area contributed by atoms with Crippen LogP contribution in [0.25, 0.3) is 22.3 Å². The van der Waals surface area contributed by atoms with Crippen LogP contribution in [-0.4, -0.2) is 112 Å². The molecule has 218 valence electrons. The number of aliphatic hydroxyl groups excluding tert-OH is 3. The van der Waals surface area contributed by atoms with Crippen LogP contribution in [0.1, 0.15) is 12.5 Å². The first-order valence-corrected chi connectivity index (χ1v) is 13.2. The van der Waals surface area contributed by atoms with E-state index in [1.54, 1.807) is 0 Å². The Bertz CT molecular complexity index is 1800. The first kappa shape index (κ1) is 26.2. The van der Waals surface area contributed by atoms with Gasteiger partial charge in [0.25, 0.3) is 5.56 Å². The average Bonchev–Trinajstić information content (AvgIpc) is 3.44. The maximum Gasteiger partial charge on any atom is 0.475 e. The molecule has 23 heteroatoms. The summed E-state index contributed by atoms with van der Waals surface area (Å²) in [7, 11) is -5.30. The third-order valence-corrected chi connectivity index (χ3v) is 8.01. The predicted octanol–water partition coefficient (Wildman–Crippen LogP) is -4.40. The van der Waals surface area contributed by atoms with Crippen molar-refractivity contribution in [3.63, 3.8) is 0 Å². The van der Waals surface area contributed by atoms with Crippen LogP contribution in [0.5, 0.6) is 0 Å². The van der Waals surface area contributed by atoms with Crippen molar-refractivity contribution in [1.29, 1.82) is 0 Å². The van der Waals surface area contributed by atoms with Gasteiger partial charge in [-0.1, -0.05) is 5.21 Å². The lowest BCUT2D eigenvalue weighted by Crippen LogP contribution is -2.39. The van der Waals surface area contributed by atoms with E-state index in [9.17, 15) is 34.7 Å². The van der Waals surface area contributed by atoms with E-state index < -0.39 is 68.2 Å². The number of aliphatic hydroxyl groups is 4. The van der Waals surface area contributed by atoms with E-state index in [1.807, 2.05) is 0 Å². The lowest BCUT2D eigenvalue weighted by molar-refractivity contribution is -0.149. The first-order chi connectivity index (χ1) is 19.4. The van der Waals surface area contributed by atoms with Crippen molar-refractivity contribution in [3.8, 4) is 0 Å². The number of aromatic nitrogens is 9. The van der Waals surface area contributed by atoms with Gasteiger partial charge in [0.05, 0.1) is 6.33 Å². The Balaban J connectivity index is 1.15. The Morgan fingerprint density at radius 3 is 2.61 bits per heavy atom. The second-order valence-electron chi connectivity index (χ2n) is 9.50. The van der Waals surface area contributed by atoms with E-state index in [2.05, 4.69) is 35.2 Å². The molecule has 0 aromatic carbocycles. The Morgan fingerprint density at radius 1 is 1.05 bits per heavy atom. The largest absolute Gasteiger partial charge is 0.475 e. The maximum atomic E-state index is 13.1. The normalized spacial score (nSPS) is 36.1. The SMILES string of the molecule is Nc1nc2c(ncn2[C@@H]2O[C@@H]3C(O)[C@]3(O)[C@H]2OP(=O)(O)O[C@H]2O[C@@H](n3nnc4c(N)ncnc43)[C@H](O)[C@@H]2O)c(=O)[nH]1. The van der Waals surface area contributed by atoms with Gasteiger partial charge >= 0.3 is 7.82 Å². The number of ether oxygens (including phenoxy) is 2. The Labute approximate surface area is 224 Å². The van der Waals surface area contributed by atoms with Gasteiger partial charge in [0.2, 0.25) is 5.95 Å². The molecule has 7 rings (SSSR count). The van der Waals surface area contributed by atoms with Gasteiger partial charge in [-0.15, -0.1) is 5.10 Å². The smallest absolute Gasteiger partial charge is 0.387 e. The molecule has 1 aliphatic carbocycles. The molecule has 10 atom stereocenters. The molecular weight excluding hydrogens is 577 g/mol. The van der Waals surface area contributed by atoms with Gasteiger partial charge in [-0.05, 0) is 0 Å². The summed E-state index contributed by atoms with van der Waals surface area (Å²) in [4.78, 5) is 40.7. The van der Waals surface area contributed by atoms with Crippen molar-refractivity contribution in [2.75, 3.05) is 11.5 Å². The zero-order valence-electron chi connectivity index (χ0n) is 20.1. The summed E-state index contributed by atoms with van der Waals surface area (Å²) >= 11 is 0. The van der Waals surface area contributed by atoms with Crippen LogP contribution in [-0.2, 0) is 23.1 Å². The van der Waals surface area contributed by atoms with E-state index in [0.717, 1.165) is 21.9 Å². The molecule has 6 heterocycles. The second-order valence-corrected chi connectivity index (χ2v) is 10.9. The zero-order chi connectivity index (χ0) is 29.0. The number of H-pyrrole nitrogens is 1. The third-order valence-electron chi connectivity index (χ3n) is 7.04. The van der Waals surface area contributed by atoms with Crippen molar-refractivity contribution in [1.82, 2.24) is 44.5 Å². The summed E-state index contributed by atoms with van der Waals surface area (Å²) in [5.74, 6) is -0.287. The summed E-state index contributed by atoms with van der Waals surface area (Å²) in [5.41, 5.74) is 8.32. The quantitative estimate of drug-likeness (QED) is 0.0972. The van der Waals surface area contributed by atoms with Gasteiger partial charge in [0, 0.05) is 0 Å². The standard InChI is InChI=1S/C18H20N11O11P/c19-10-3-11(22-1-21-10)29(27-26-3)14-5(30)6(31)16(38-14)40-41(35,36)39-9-15(37-8-7(32)18(8,9)34)28-2-23-4-12(28)24-17(20)25-13(4)33/h1-2,5-9,14-16,30-32,34H,(H,35,36)(H2,19,21,22)(H3,20,24,25,33)/t5-,6+,7?,8-,9+,14-,15-,16-,18-/m1/s1. The molecule has 2 saturated heterocycles. The molecule has 41 heavy (non-hydrogen) atoms. The van der Waals surface area contributed by atoms with Gasteiger partial charge in [0.1, 0.15) is 36.8 Å². The van der Waals surface area contributed by atoms with Gasteiger partial charge in [0.15, 0.2) is 52.5 Å². The van der Waals surface area contributed by atoms with E-state index in [1.165, 1.54) is 0 Å². The molecule has 1 saturated carbocycles. The number of hydrogen-bond acceptors (Lipinski definition) is 18. The number of imidazole rings is 1. The molecular formula is C18H20N11O11P. The fourth-order valence-electron chi connectivity index (χ4n) is 4.96. The van der Waals surface area contributed by atoms with E-state index in [4.69, 9.17) is 30.0 Å². The summed E-state index contributed by atoms with van der Waals surface area (Å²) < 4.78 is 36.6. The number of phosphoric acid groups is 1. The topological polar surface area (TPSA) is 327 Å². The van der Waals surface area contributed by atoms with Crippen molar-refractivity contribution in [2.24, 2.45) is 0 Å². The van der Waals surface area contributed by atoms with Crippen molar-refractivity contribution >= 4 is 41.9 Å². The van der Waals surface area contributed by atoms with E-state index >= 15 is 0 Å². The maximum absolute atomic E-state index is 13.1. The summed E-state index contributed by atoms with van der Waals surface area (Å²) in [6, 6.07) is 0. The molecule has 4 aromatic heterocycles. The second kappa shape index (κ2) is 8.65. The molecule has 0 spiro atoms. The van der Waals surface area contributed by atoms with Gasteiger partial charge in [-0.25, -0.2) is 19.5 Å². The average molecular weight is 597 g/mol. The molecule has 4 aromatic rings. The van der Waals surface area contributed by atoms with Crippen LogP contribution in [0, 0.1) is 0 Å². The van der Waals surface area contributed by atoms with Crippen molar-refractivity contribution < 1.29 is 48.4 Å². The first-order valence-electron chi connectivity index (χ1n) is 11.7.